The zero-order chi connectivity index (χ0) is 15.6. The average Bonchev–Trinajstić information content (AvgIpc) is 2.47. The molecule has 2 unspecified atom stereocenters. The molecule has 1 aliphatic rings. The molecular weight excluding hydrogens is 270 g/mol. The number of hydrogen-bond donors (Lipinski definition) is 0. The van der Waals surface area contributed by atoms with Crippen LogP contribution in [0.3, 0.4) is 0 Å². The summed E-state index contributed by atoms with van der Waals surface area (Å²) in [4.78, 5) is 2.40. The van der Waals surface area contributed by atoms with Gasteiger partial charge in [-0.1, -0.05) is 57.3 Å². The predicted octanol–water partition coefficient (Wildman–Crippen LogP) is 4.86. The highest BCUT2D eigenvalue weighted by Crippen LogP contribution is 2.36. The van der Waals surface area contributed by atoms with Gasteiger partial charge in [-0.25, -0.2) is 0 Å². The van der Waals surface area contributed by atoms with Crippen molar-refractivity contribution in [1.82, 2.24) is 4.90 Å². The number of nitrogens with zero attached hydrogens (tertiary/aromatic N) is 1. The maximum Gasteiger partial charge on any atom is 0.0726 e. The van der Waals surface area contributed by atoms with E-state index in [9.17, 15) is 0 Å². The fourth-order valence-corrected chi connectivity index (χ4v) is 4.72. The Hall–Kier alpha value is -1.28. The van der Waals surface area contributed by atoms with Crippen LogP contribution in [0.15, 0.2) is 47.3 Å². The molecule has 2 heteroatoms. The van der Waals surface area contributed by atoms with Gasteiger partial charge in [-0.3, -0.25) is 0 Å². The molecule has 114 valence electrons. The average molecular weight is 300 g/mol. The summed E-state index contributed by atoms with van der Waals surface area (Å²) >= 11 is 0. The molecule has 2 rings (SSSR count). The third kappa shape index (κ3) is 3.32. The van der Waals surface area contributed by atoms with Crippen molar-refractivity contribution in [3.63, 3.8) is 0 Å². The summed E-state index contributed by atoms with van der Waals surface area (Å²) in [5.74, 6) is 0.659. The van der Waals surface area contributed by atoms with Crippen molar-refractivity contribution in [2.45, 2.75) is 46.3 Å². The van der Waals surface area contributed by atoms with Crippen LogP contribution in [0.1, 0.15) is 37.4 Å². The van der Waals surface area contributed by atoms with Gasteiger partial charge < -0.3 is 4.90 Å². The normalized spacial score (nSPS) is 20.3. The molecule has 0 saturated heterocycles. The monoisotopic (exact) mass is 299 g/mol. The standard InChI is InChI=1S/C19H29NSi/c1-7-14(2)17-12-18(16-11-9-8-10-15(16)3)20(4)13-19(17)21(5)6/h8-14,18,21H,7H2,1-6H3. The van der Waals surface area contributed by atoms with Crippen molar-refractivity contribution in [1.29, 1.82) is 0 Å². The second-order valence-electron chi connectivity index (χ2n) is 6.64. The number of aryl methyl sites for hydroxylation is 1. The maximum absolute atomic E-state index is 2.53. The Morgan fingerprint density at radius 1 is 1.24 bits per heavy atom. The van der Waals surface area contributed by atoms with Crippen LogP contribution < -0.4 is 0 Å². The van der Waals surface area contributed by atoms with E-state index in [1.807, 2.05) is 0 Å². The first-order valence-corrected chi connectivity index (χ1v) is 11.1. The summed E-state index contributed by atoms with van der Waals surface area (Å²) in [7, 11) is 1.42. The lowest BCUT2D eigenvalue weighted by molar-refractivity contribution is 0.380. The molecule has 1 heterocycles. The van der Waals surface area contributed by atoms with Crippen molar-refractivity contribution >= 4 is 8.80 Å². The first kappa shape index (κ1) is 16.1. The van der Waals surface area contributed by atoms with Gasteiger partial charge >= 0.3 is 0 Å². The molecule has 0 aliphatic carbocycles. The Kier molecular flexibility index (Phi) is 5.10. The van der Waals surface area contributed by atoms with Gasteiger partial charge in [-0.2, -0.15) is 0 Å². The van der Waals surface area contributed by atoms with Gasteiger partial charge in [0.2, 0.25) is 0 Å². The van der Waals surface area contributed by atoms with E-state index >= 15 is 0 Å². The minimum absolute atomic E-state index is 0.381. The third-order valence-corrected chi connectivity index (χ3v) is 6.45. The fraction of sp³-hybridized carbons (Fsp3) is 0.474. The number of benzene rings is 1. The largest absolute Gasteiger partial charge is 0.370 e. The van der Waals surface area contributed by atoms with Gasteiger partial charge in [0.05, 0.1) is 14.8 Å². The molecule has 0 aromatic heterocycles. The van der Waals surface area contributed by atoms with Crippen molar-refractivity contribution in [3.05, 3.63) is 58.4 Å². The molecule has 0 bridgehead atoms. The minimum Gasteiger partial charge on any atom is -0.370 e. The number of allylic oxidation sites excluding steroid dienone is 2. The highest BCUT2D eigenvalue weighted by molar-refractivity contribution is 6.65. The first-order valence-electron chi connectivity index (χ1n) is 8.17. The van der Waals surface area contributed by atoms with Gasteiger partial charge in [0.1, 0.15) is 0 Å². The SMILES string of the molecule is CCC(C)C1=CC(c2ccccc2C)N(C)C=C1[SiH](C)C. The van der Waals surface area contributed by atoms with Crippen LogP contribution in [0.2, 0.25) is 13.1 Å². The van der Waals surface area contributed by atoms with Crippen LogP contribution in [0.25, 0.3) is 0 Å². The number of hydrogen-bond acceptors (Lipinski definition) is 1. The van der Waals surface area contributed by atoms with E-state index in [0.717, 1.165) is 0 Å². The lowest BCUT2D eigenvalue weighted by atomic mass is 9.90. The molecule has 0 N–H and O–H groups in total. The van der Waals surface area contributed by atoms with Crippen LogP contribution in [0.5, 0.6) is 0 Å². The molecule has 0 amide bonds. The Balaban J connectivity index is 2.46. The zero-order valence-corrected chi connectivity index (χ0v) is 15.5. The molecule has 1 aromatic carbocycles. The Bertz CT molecular complexity index is 556. The highest BCUT2D eigenvalue weighted by atomic mass is 28.3. The Labute approximate surface area is 132 Å². The Morgan fingerprint density at radius 3 is 2.48 bits per heavy atom. The lowest BCUT2D eigenvalue weighted by Gasteiger charge is -2.35. The van der Waals surface area contributed by atoms with E-state index in [1.54, 1.807) is 10.8 Å². The number of rotatable bonds is 4. The summed E-state index contributed by atoms with van der Waals surface area (Å²) in [5.41, 5.74) is 4.42. The molecule has 2 atom stereocenters. The van der Waals surface area contributed by atoms with Gasteiger partial charge in [0.25, 0.3) is 0 Å². The van der Waals surface area contributed by atoms with Crippen LogP contribution in [0, 0.1) is 12.8 Å². The second-order valence-corrected chi connectivity index (χ2v) is 9.57. The summed E-state index contributed by atoms with van der Waals surface area (Å²) in [6.07, 6.45) is 6.17. The highest BCUT2D eigenvalue weighted by Gasteiger charge is 2.25. The second kappa shape index (κ2) is 6.65. The van der Waals surface area contributed by atoms with Crippen LogP contribution >= 0.6 is 0 Å². The summed E-state index contributed by atoms with van der Waals surface area (Å²) in [6, 6.07) is 9.15. The van der Waals surface area contributed by atoms with E-state index in [0.29, 0.717) is 12.0 Å². The predicted molar refractivity (Wildman–Crippen MR) is 96.2 cm³/mol. The van der Waals surface area contributed by atoms with Crippen molar-refractivity contribution in [3.8, 4) is 0 Å². The summed E-state index contributed by atoms with van der Waals surface area (Å²) < 4.78 is 0. The summed E-state index contributed by atoms with van der Waals surface area (Å²) in [6.45, 7) is 11.8. The van der Waals surface area contributed by atoms with Crippen molar-refractivity contribution < 1.29 is 0 Å². The molecule has 0 spiro atoms. The zero-order valence-electron chi connectivity index (χ0n) is 14.4. The molecular formula is C19H29NSi. The number of likely N-dealkylation sites (N-methyl/N-ethyl adjacent to an activating group) is 1. The van der Waals surface area contributed by atoms with E-state index in [4.69, 9.17) is 0 Å². The quantitative estimate of drug-likeness (QED) is 0.717. The van der Waals surface area contributed by atoms with Gasteiger partial charge in [0, 0.05) is 7.05 Å². The van der Waals surface area contributed by atoms with Crippen LogP contribution in [-0.2, 0) is 0 Å². The Morgan fingerprint density at radius 2 is 1.90 bits per heavy atom. The van der Waals surface area contributed by atoms with Crippen LogP contribution in [-0.4, -0.2) is 20.7 Å². The lowest BCUT2D eigenvalue weighted by Crippen LogP contribution is -2.27. The van der Waals surface area contributed by atoms with E-state index in [-0.39, 0.29) is 0 Å². The van der Waals surface area contributed by atoms with Crippen LogP contribution in [0.4, 0.5) is 0 Å². The molecule has 0 radical (unpaired) electrons. The maximum atomic E-state index is 2.53. The molecule has 1 nitrogen and oxygen atoms in total. The molecule has 21 heavy (non-hydrogen) atoms. The molecule has 0 saturated carbocycles. The third-order valence-electron chi connectivity index (χ3n) is 4.72. The van der Waals surface area contributed by atoms with Crippen molar-refractivity contribution in [2.75, 3.05) is 7.05 Å². The molecule has 0 fully saturated rings. The van der Waals surface area contributed by atoms with Gasteiger partial charge in [0.15, 0.2) is 0 Å². The van der Waals surface area contributed by atoms with E-state index in [1.165, 1.54) is 17.5 Å². The molecule has 1 aromatic rings. The van der Waals surface area contributed by atoms with Gasteiger partial charge in [-0.05, 0) is 47.4 Å². The van der Waals surface area contributed by atoms with Crippen molar-refractivity contribution in [2.24, 2.45) is 5.92 Å². The summed E-state index contributed by atoms with van der Waals surface area (Å²) in [5, 5.41) is 1.64. The topological polar surface area (TPSA) is 3.24 Å². The van der Waals surface area contributed by atoms with E-state index in [2.05, 4.69) is 82.4 Å². The first-order chi connectivity index (χ1) is 9.95. The molecule has 1 aliphatic heterocycles. The fourth-order valence-electron chi connectivity index (χ4n) is 3.14. The minimum atomic E-state index is -0.801. The van der Waals surface area contributed by atoms with E-state index < -0.39 is 8.80 Å². The van der Waals surface area contributed by atoms with Gasteiger partial charge in [-0.15, -0.1) is 0 Å². The smallest absolute Gasteiger partial charge is 0.0726 e.